The minimum Gasteiger partial charge on any atom is -0.356 e. The molecule has 0 bridgehead atoms. The van der Waals surface area contributed by atoms with Crippen LogP contribution in [0.2, 0.25) is 5.02 Å². The van der Waals surface area contributed by atoms with Gasteiger partial charge in [0.05, 0.1) is 5.52 Å². The lowest BCUT2D eigenvalue weighted by Crippen LogP contribution is -2.44. The molecule has 0 spiro atoms. The van der Waals surface area contributed by atoms with Crippen LogP contribution in [-0.2, 0) is 11.2 Å². The normalized spacial score (nSPS) is 17.4. The molecule has 0 atom stereocenters. The van der Waals surface area contributed by atoms with E-state index in [4.69, 9.17) is 16.6 Å². The predicted molar refractivity (Wildman–Crippen MR) is 141 cm³/mol. The van der Waals surface area contributed by atoms with Crippen LogP contribution in [0.25, 0.3) is 10.9 Å². The molecule has 1 amide bonds. The number of pyridine rings is 1. The fraction of sp³-hybridized carbons (Fsp3) is 0.429. The van der Waals surface area contributed by atoms with E-state index in [0.29, 0.717) is 17.9 Å². The summed E-state index contributed by atoms with van der Waals surface area (Å²) in [6.45, 7) is 6.83. The van der Waals surface area contributed by atoms with Crippen LogP contribution in [0.3, 0.4) is 0 Å². The van der Waals surface area contributed by atoms with Gasteiger partial charge in [-0.05, 0) is 99.6 Å². The van der Waals surface area contributed by atoms with Gasteiger partial charge in [-0.2, -0.15) is 0 Å². The van der Waals surface area contributed by atoms with Gasteiger partial charge in [0, 0.05) is 41.6 Å². The topological polar surface area (TPSA) is 48.5 Å². The molecular weight excluding hydrogens is 444 g/mol. The molecule has 2 saturated heterocycles. The van der Waals surface area contributed by atoms with Crippen LogP contribution in [0.15, 0.2) is 48.5 Å². The first-order valence-corrected chi connectivity index (χ1v) is 12.9. The fourth-order valence-corrected chi connectivity index (χ4v) is 5.44. The predicted octanol–water partition coefficient (Wildman–Crippen LogP) is 5.83. The van der Waals surface area contributed by atoms with Gasteiger partial charge in [-0.1, -0.05) is 23.7 Å². The Kier molecular flexibility index (Phi) is 7.02. The number of likely N-dealkylation sites (tertiary alicyclic amines) is 1. The van der Waals surface area contributed by atoms with E-state index in [1.807, 2.05) is 42.5 Å². The molecule has 1 N–H and O–H groups in total. The van der Waals surface area contributed by atoms with E-state index in [-0.39, 0.29) is 5.91 Å². The van der Waals surface area contributed by atoms with Crippen LogP contribution in [0.1, 0.15) is 43.2 Å². The van der Waals surface area contributed by atoms with Crippen LogP contribution in [-0.4, -0.2) is 48.0 Å². The molecule has 5 nitrogen and oxygen atoms in total. The number of hydrogen-bond acceptors (Lipinski definition) is 4. The largest absolute Gasteiger partial charge is 0.356 e. The number of rotatable bonds is 6. The summed E-state index contributed by atoms with van der Waals surface area (Å²) in [4.78, 5) is 22.6. The number of hydrogen-bond donors (Lipinski definition) is 1. The van der Waals surface area contributed by atoms with Crippen LogP contribution in [0.4, 0.5) is 11.5 Å². The number of fused-ring (bicyclic) bond motifs is 1. The lowest BCUT2D eigenvalue weighted by atomic mass is 10.0. The van der Waals surface area contributed by atoms with Crippen molar-refractivity contribution in [1.29, 1.82) is 0 Å². The average molecular weight is 477 g/mol. The number of carbonyl (C=O) groups excluding carboxylic acids is 1. The third-order valence-corrected chi connectivity index (χ3v) is 7.54. The van der Waals surface area contributed by atoms with Crippen LogP contribution in [0.5, 0.6) is 0 Å². The zero-order valence-corrected chi connectivity index (χ0v) is 20.7. The standard InChI is InChI=1S/C28H33ClN4O/c1-20-18-27(33-16-12-24(13-17-33)32-14-2-3-15-32)31-26-10-9-23(19-25(20)26)30-28(34)11-6-21-4-7-22(29)8-5-21/h4-5,7-10,18-19,24H,2-3,6,11-17H2,1H3,(H,30,34). The van der Waals surface area contributed by atoms with Crippen LogP contribution >= 0.6 is 11.6 Å². The molecule has 0 unspecified atom stereocenters. The molecular formula is C28H33ClN4O. The van der Waals surface area contributed by atoms with Gasteiger partial charge >= 0.3 is 0 Å². The third-order valence-electron chi connectivity index (χ3n) is 7.29. The zero-order chi connectivity index (χ0) is 23.5. The summed E-state index contributed by atoms with van der Waals surface area (Å²) in [6.07, 6.45) is 6.28. The Morgan fingerprint density at radius 2 is 1.76 bits per heavy atom. The number of carbonyl (C=O) groups is 1. The second-order valence-corrected chi connectivity index (χ2v) is 10.1. The Labute approximate surface area is 207 Å². The molecule has 5 rings (SSSR count). The highest BCUT2D eigenvalue weighted by Crippen LogP contribution is 2.28. The van der Waals surface area contributed by atoms with Crippen molar-refractivity contribution in [2.24, 2.45) is 0 Å². The van der Waals surface area contributed by atoms with Gasteiger partial charge in [-0.25, -0.2) is 4.98 Å². The van der Waals surface area contributed by atoms with Crippen LogP contribution < -0.4 is 10.2 Å². The highest BCUT2D eigenvalue weighted by molar-refractivity contribution is 6.30. The van der Waals surface area contributed by atoms with Gasteiger partial charge in [-0.3, -0.25) is 4.79 Å². The molecule has 0 radical (unpaired) electrons. The van der Waals surface area contributed by atoms with E-state index in [2.05, 4.69) is 28.1 Å². The molecule has 1 aromatic heterocycles. The minimum atomic E-state index is 0.0115. The number of aromatic nitrogens is 1. The van der Waals surface area contributed by atoms with Gasteiger partial charge in [0.15, 0.2) is 0 Å². The fourth-order valence-electron chi connectivity index (χ4n) is 5.32. The van der Waals surface area contributed by atoms with Crippen molar-refractivity contribution in [2.45, 2.75) is 51.5 Å². The number of amides is 1. The van der Waals surface area contributed by atoms with Crippen molar-refractivity contribution >= 4 is 39.9 Å². The molecule has 34 heavy (non-hydrogen) atoms. The van der Waals surface area contributed by atoms with Crippen molar-refractivity contribution in [3.63, 3.8) is 0 Å². The second kappa shape index (κ2) is 10.3. The smallest absolute Gasteiger partial charge is 0.224 e. The van der Waals surface area contributed by atoms with E-state index in [9.17, 15) is 4.79 Å². The van der Waals surface area contributed by atoms with Crippen molar-refractivity contribution in [1.82, 2.24) is 9.88 Å². The maximum atomic E-state index is 12.5. The first kappa shape index (κ1) is 23.1. The van der Waals surface area contributed by atoms with Gasteiger partial charge in [0.2, 0.25) is 5.91 Å². The van der Waals surface area contributed by atoms with E-state index >= 15 is 0 Å². The first-order chi connectivity index (χ1) is 16.5. The van der Waals surface area contributed by atoms with Crippen LogP contribution in [0, 0.1) is 6.92 Å². The minimum absolute atomic E-state index is 0.0115. The summed E-state index contributed by atoms with van der Waals surface area (Å²) >= 11 is 5.94. The Morgan fingerprint density at radius 1 is 1.03 bits per heavy atom. The summed E-state index contributed by atoms with van der Waals surface area (Å²) in [7, 11) is 0. The van der Waals surface area contributed by atoms with Crippen molar-refractivity contribution < 1.29 is 4.79 Å². The molecule has 0 saturated carbocycles. The Balaban J connectivity index is 1.21. The van der Waals surface area contributed by atoms with E-state index in [1.165, 1.54) is 44.3 Å². The second-order valence-electron chi connectivity index (χ2n) is 9.67. The number of halogens is 1. The van der Waals surface area contributed by atoms with E-state index < -0.39 is 0 Å². The Hall–Kier alpha value is -2.63. The molecule has 2 aliphatic heterocycles. The summed E-state index contributed by atoms with van der Waals surface area (Å²) < 4.78 is 0. The molecule has 3 aromatic rings. The maximum absolute atomic E-state index is 12.5. The first-order valence-electron chi connectivity index (χ1n) is 12.5. The SMILES string of the molecule is Cc1cc(N2CCC(N3CCCC3)CC2)nc2ccc(NC(=O)CCc3ccc(Cl)cc3)cc12. The molecule has 178 valence electrons. The monoisotopic (exact) mass is 476 g/mol. The number of benzene rings is 2. The van der Waals surface area contributed by atoms with Gasteiger partial charge in [0.1, 0.15) is 5.82 Å². The summed E-state index contributed by atoms with van der Waals surface area (Å²) in [5, 5.41) is 4.84. The number of piperidine rings is 1. The molecule has 2 fully saturated rings. The van der Waals surface area contributed by atoms with Crippen molar-refractivity contribution in [2.75, 3.05) is 36.4 Å². The van der Waals surface area contributed by atoms with E-state index in [1.54, 1.807) is 0 Å². The highest BCUT2D eigenvalue weighted by atomic mass is 35.5. The average Bonchev–Trinajstić information content (AvgIpc) is 3.39. The number of nitrogens with one attached hydrogen (secondary N) is 1. The number of anilines is 2. The summed E-state index contributed by atoms with van der Waals surface area (Å²) in [5.74, 6) is 1.09. The van der Waals surface area contributed by atoms with Gasteiger partial charge in [-0.15, -0.1) is 0 Å². The van der Waals surface area contributed by atoms with E-state index in [0.717, 1.165) is 47.1 Å². The number of aryl methyl sites for hydroxylation is 2. The third kappa shape index (κ3) is 5.37. The van der Waals surface area contributed by atoms with Gasteiger partial charge in [0.25, 0.3) is 0 Å². The van der Waals surface area contributed by atoms with Crippen molar-refractivity contribution in [3.05, 3.63) is 64.7 Å². The molecule has 6 heteroatoms. The Morgan fingerprint density at radius 3 is 2.50 bits per heavy atom. The summed E-state index contributed by atoms with van der Waals surface area (Å²) in [6, 6.07) is 16.6. The van der Waals surface area contributed by atoms with Gasteiger partial charge < -0.3 is 15.1 Å². The molecule has 2 aromatic carbocycles. The lowest BCUT2D eigenvalue weighted by Gasteiger charge is -2.37. The van der Waals surface area contributed by atoms with Crippen molar-refractivity contribution in [3.8, 4) is 0 Å². The Bertz CT molecular complexity index is 1150. The maximum Gasteiger partial charge on any atom is 0.224 e. The summed E-state index contributed by atoms with van der Waals surface area (Å²) in [5.41, 5.74) is 4.10. The molecule has 3 heterocycles. The lowest BCUT2D eigenvalue weighted by molar-refractivity contribution is -0.116. The zero-order valence-electron chi connectivity index (χ0n) is 19.9. The molecule has 2 aliphatic rings. The highest BCUT2D eigenvalue weighted by Gasteiger charge is 2.27. The molecule has 0 aliphatic carbocycles. The quantitative estimate of drug-likeness (QED) is 0.486. The number of nitrogens with zero attached hydrogens (tertiary/aromatic N) is 3.